The fourth-order valence-electron chi connectivity index (χ4n) is 2.15. The van der Waals surface area contributed by atoms with Gasteiger partial charge in [-0.2, -0.15) is 0 Å². The molecule has 0 atom stereocenters. The minimum Gasteiger partial charge on any atom is -0.399 e. The summed E-state index contributed by atoms with van der Waals surface area (Å²) in [5.41, 5.74) is 9.65. The van der Waals surface area contributed by atoms with Crippen LogP contribution in [0, 0.1) is 6.92 Å². The summed E-state index contributed by atoms with van der Waals surface area (Å²) < 4.78 is 0. The predicted octanol–water partition coefficient (Wildman–Crippen LogP) is 3.17. The highest BCUT2D eigenvalue weighted by atomic mass is 16.2. The van der Waals surface area contributed by atoms with Crippen molar-refractivity contribution in [3.05, 3.63) is 59.7 Å². The standard InChI is InChI=1S/C17H20N2O/c1-13-5-3-8-16(11-13)19(2)17(20)10-9-14-6-4-7-15(18)12-14/h3-8,11-12H,9-10,18H2,1-2H3. The van der Waals surface area contributed by atoms with E-state index in [-0.39, 0.29) is 5.91 Å². The molecule has 1 amide bonds. The Bertz CT molecular complexity index is 607. The van der Waals surface area contributed by atoms with E-state index >= 15 is 0 Å². The minimum absolute atomic E-state index is 0.109. The van der Waals surface area contributed by atoms with Crippen LogP contribution >= 0.6 is 0 Å². The number of aryl methyl sites for hydroxylation is 2. The molecule has 0 fully saturated rings. The van der Waals surface area contributed by atoms with Crippen molar-refractivity contribution in [2.45, 2.75) is 19.8 Å². The van der Waals surface area contributed by atoms with Gasteiger partial charge in [-0.25, -0.2) is 0 Å². The summed E-state index contributed by atoms with van der Waals surface area (Å²) in [6, 6.07) is 15.6. The molecule has 2 rings (SSSR count). The molecule has 104 valence electrons. The topological polar surface area (TPSA) is 46.3 Å². The number of anilines is 2. The second-order valence-electron chi connectivity index (χ2n) is 5.04. The Morgan fingerprint density at radius 2 is 1.90 bits per heavy atom. The van der Waals surface area contributed by atoms with E-state index in [1.165, 1.54) is 0 Å². The predicted molar refractivity (Wildman–Crippen MR) is 83.8 cm³/mol. The zero-order valence-electron chi connectivity index (χ0n) is 12.0. The second-order valence-corrected chi connectivity index (χ2v) is 5.04. The maximum Gasteiger partial charge on any atom is 0.227 e. The number of nitrogens with zero attached hydrogens (tertiary/aromatic N) is 1. The molecule has 2 aromatic carbocycles. The van der Waals surface area contributed by atoms with Gasteiger partial charge in [-0.05, 0) is 48.7 Å². The van der Waals surface area contributed by atoms with E-state index in [2.05, 4.69) is 0 Å². The van der Waals surface area contributed by atoms with Crippen LogP contribution in [0.3, 0.4) is 0 Å². The molecule has 3 heteroatoms. The third-order valence-corrected chi connectivity index (χ3v) is 3.34. The molecule has 0 saturated carbocycles. The first-order valence-electron chi connectivity index (χ1n) is 6.74. The highest BCUT2D eigenvalue weighted by Gasteiger charge is 2.10. The van der Waals surface area contributed by atoms with Crippen molar-refractivity contribution >= 4 is 17.3 Å². The van der Waals surface area contributed by atoms with Crippen LogP contribution in [0.2, 0.25) is 0 Å². The van der Waals surface area contributed by atoms with Crippen LogP contribution in [-0.4, -0.2) is 13.0 Å². The average Bonchev–Trinajstić information content (AvgIpc) is 2.44. The van der Waals surface area contributed by atoms with E-state index in [1.54, 1.807) is 4.90 Å². The van der Waals surface area contributed by atoms with Crippen LogP contribution in [0.5, 0.6) is 0 Å². The molecule has 2 N–H and O–H groups in total. The summed E-state index contributed by atoms with van der Waals surface area (Å²) in [4.78, 5) is 13.9. The lowest BCUT2D eigenvalue weighted by Gasteiger charge is -2.18. The molecule has 3 nitrogen and oxygen atoms in total. The summed E-state index contributed by atoms with van der Waals surface area (Å²) in [7, 11) is 1.82. The Hall–Kier alpha value is -2.29. The Labute approximate surface area is 120 Å². The van der Waals surface area contributed by atoms with Gasteiger partial charge in [0.1, 0.15) is 0 Å². The van der Waals surface area contributed by atoms with Crippen LogP contribution in [0.1, 0.15) is 17.5 Å². The van der Waals surface area contributed by atoms with Gasteiger partial charge in [0.15, 0.2) is 0 Å². The van der Waals surface area contributed by atoms with Crippen LogP contribution in [-0.2, 0) is 11.2 Å². The van der Waals surface area contributed by atoms with Gasteiger partial charge in [-0.1, -0.05) is 24.3 Å². The quantitative estimate of drug-likeness (QED) is 0.866. The number of benzene rings is 2. The van der Waals surface area contributed by atoms with Crippen molar-refractivity contribution in [3.63, 3.8) is 0 Å². The fraction of sp³-hybridized carbons (Fsp3) is 0.235. The van der Waals surface area contributed by atoms with E-state index in [4.69, 9.17) is 5.73 Å². The van der Waals surface area contributed by atoms with Crippen molar-refractivity contribution < 1.29 is 4.79 Å². The van der Waals surface area contributed by atoms with E-state index in [0.29, 0.717) is 12.8 Å². The summed E-state index contributed by atoms with van der Waals surface area (Å²) in [5, 5.41) is 0. The zero-order valence-corrected chi connectivity index (χ0v) is 12.0. The van der Waals surface area contributed by atoms with E-state index in [9.17, 15) is 4.79 Å². The molecule has 0 aromatic heterocycles. The molecule has 0 radical (unpaired) electrons. The van der Waals surface area contributed by atoms with Gasteiger partial charge in [-0.3, -0.25) is 4.79 Å². The number of carbonyl (C=O) groups is 1. The van der Waals surface area contributed by atoms with E-state index in [1.807, 2.05) is 62.5 Å². The highest BCUT2D eigenvalue weighted by molar-refractivity contribution is 5.92. The highest BCUT2D eigenvalue weighted by Crippen LogP contribution is 2.16. The molecular weight excluding hydrogens is 248 g/mol. The zero-order chi connectivity index (χ0) is 14.5. The number of rotatable bonds is 4. The molecule has 0 unspecified atom stereocenters. The van der Waals surface area contributed by atoms with Gasteiger partial charge in [0, 0.05) is 24.8 Å². The lowest BCUT2D eigenvalue weighted by Crippen LogP contribution is -2.26. The SMILES string of the molecule is Cc1cccc(N(C)C(=O)CCc2cccc(N)c2)c1. The maximum atomic E-state index is 12.2. The average molecular weight is 268 g/mol. The van der Waals surface area contributed by atoms with Crippen molar-refractivity contribution in [3.8, 4) is 0 Å². The van der Waals surface area contributed by atoms with Crippen LogP contribution in [0.4, 0.5) is 11.4 Å². The number of amides is 1. The van der Waals surface area contributed by atoms with Crippen molar-refractivity contribution in [1.29, 1.82) is 0 Å². The number of nitrogens with two attached hydrogens (primary N) is 1. The van der Waals surface area contributed by atoms with E-state index in [0.717, 1.165) is 22.5 Å². The number of hydrogen-bond acceptors (Lipinski definition) is 2. The second kappa shape index (κ2) is 6.24. The molecular formula is C17H20N2O. The first-order chi connectivity index (χ1) is 9.56. The molecule has 2 aromatic rings. The van der Waals surface area contributed by atoms with Gasteiger partial charge < -0.3 is 10.6 Å². The summed E-state index contributed by atoms with van der Waals surface area (Å²) in [6.45, 7) is 2.02. The van der Waals surface area contributed by atoms with Gasteiger partial charge in [0.05, 0.1) is 0 Å². The van der Waals surface area contributed by atoms with Crippen LogP contribution in [0.25, 0.3) is 0 Å². The third-order valence-electron chi connectivity index (χ3n) is 3.34. The summed E-state index contributed by atoms with van der Waals surface area (Å²) in [6.07, 6.45) is 1.19. The van der Waals surface area contributed by atoms with Gasteiger partial charge in [-0.15, -0.1) is 0 Å². The smallest absolute Gasteiger partial charge is 0.227 e. The molecule has 0 heterocycles. The van der Waals surface area contributed by atoms with Gasteiger partial charge >= 0.3 is 0 Å². The molecule has 0 aliphatic heterocycles. The molecule has 0 spiro atoms. The fourth-order valence-corrected chi connectivity index (χ4v) is 2.15. The molecule has 0 aliphatic rings. The van der Waals surface area contributed by atoms with E-state index < -0.39 is 0 Å². The molecule has 0 bridgehead atoms. The lowest BCUT2D eigenvalue weighted by molar-refractivity contribution is -0.118. The lowest BCUT2D eigenvalue weighted by atomic mass is 10.1. The van der Waals surface area contributed by atoms with Crippen molar-refractivity contribution in [1.82, 2.24) is 0 Å². The van der Waals surface area contributed by atoms with Gasteiger partial charge in [0.25, 0.3) is 0 Å². The minimum atomic E-state index is 0.109. The van der Waals surface area contributed by atoms with Gasteiger partial charge in [0.2, 0.25) is 5.91 Å². The summed E-state index contributed by atoms with van der Waals surface area (Å²) in [5.74, 6) is 0.109. The van der Waals surface area contributed by atoms with Crippen molar-refractivity contribution in [2.24, 2.45) is 0 Å². The maximum absolute atomic E-state index is 12.2. The Kier molecular flexibility index (Phi) is 4.41. The molecule has 20 heavy (non-hydrogen) atoms. The number of nitrogen functional groups attached to an aromatic ring is 1. The van der Waals surface area contributed by atoms with Crippen molar-refractivity contribution in [2.75, 3.05) is 17.7 Å². The number of hydrogen-bond donors (Lipinski definition) is 1. The first kappa shape index (κ1) is 14.1. The Balaban J connectivity index is 1.98. The summed E-state index contributed by atoms with van der Waals surface area (Å²) >= 11 is 0. The third kappa shape index (κ3) is 3.60. The first-order valence-corrected chi connectivity index (χ1v) is 6.74. The molecule has 0 aliphatic carbocycles. The number of carbonyl (C=O) groups excluding carboxylic acids is 1. The monoisotopic (exact) mass is 268 g/mol. The Morgan fingerprint density at radius 3 is 2.60 bits per heavy atom. The van der Waals surface area contributed by atoms with Crippen LogP contribution in [0.15, 0.2) is 48.5 Å². The largest absolute Gasteiger partial charge is 0.399 e. The normalized spacial score (nSPS) is 10.3. The Morgan fingerprint density at radius 1 is 1.15 bits per heavy atom. The van der Waals surface area contributed by atoms with Crippen LogP contribution < -0.4 is 10.6 Å². The molecule has 0 saturated heterocycles.